The van der Waals surface area contributed by atoms with Crippen LogP contribution in [0.5, 0.6) is 0 Å². The summed E-state index contributed by atoms with van der Waals surface area (Å²) < 4.78 is 0. The van der Waals surface area contributed by atoms with E-state index in [2.05, 4.69) is 5.32 Å². The molecule has 2 rings (SSSR count). The van der Waals surface area contributed by atoms with Gasteiger partial charge in [-0.2, -0.15) is 0 Å². The highest BCUT2D eigenvalue weighted by Crippen LogP contribution is 2.11. The minimum absolute atomic E-state index is 0.0499. The SMILES string of the molecule is NC(=O)CN1CCC(NC(=O)c2cccc(C(N)=O)c2)CC1. The van der Waals surface area contributed by atoms with E-state index in [1.165, 1.54) is 6.07 Å². The van der Waals surface area contributed by atoms with Crippen LogP contribution in [-0.4, -0.2) is 48.3 Å². The molecule has 1 heterocycles. The molecule has 1 aromatic rings. The molecule has 0 unspecified atom stereocenters. The van der Waals surface area contributed by atoms with Gasteiger partial charge in [0.15, 0.2) is 0 Å². The van der Waals surface area contributed by atoms with E-state index in [1.807, 2.05) is 4.90 Å². The minimum Gasteiger partial charge on any atom is -0.369 e. The van der Waals surface area contributed by atoms with Gasteiger partial charge in [-0.1, -0.05) is 6.07 Å². The highest BCUT2D eigenvalue weighted by Gasteiger charge is 2.22. The number of amides is 3. The molecule has 7 nitrogen and oxygen atoms in total. The first-order valence-electron chi connectivity index (χ1n) is 7.17. The zero-order chi connectivity index (χ0) is 16.1. The second kappa shape index (κ2) is 7.04. The van der Waals surface area contributed by atoms with Gasteiger partial charge in [0.25, 0.3) is 5.91 Å². The molecule has 1 aliphatic heterocycles. The fraction of sp³-hybridized carbons (Fsp3) is 0.400. The maximum Gasteiger partial charge on any atom is 0.251 e. The van der Waals surface area contributed by atoms with E-state index < -0.39 is 5.91 Å². The number of nitrogens with one attached hydrogen (secondary N) is 1. The Kier molecular flexibility index (Phi) is 5.11. The Bertz CT molecular complexity index is 580. The molecule has 3 amide bonds. The molecule has 7 heteroatoms. The van der Waals surface area contributed by atoms with Crippen molar-refractivity contribution >= 4 is 17.7 Å². The third-order valence-corrected chi connectivity index (χ3v) is 3.71. The summed E-state index contributed by atoms with van der Waals surface area (Å²) in [5, 5.41) is 2.94. The number of likely N-dealkylation sites (tertiary alicyclic amines) is 1. The number of primary amides is 2. The first kappa shape index (κ1) is 16.0. The highest BCUT2D eigenvalue weighted by molar-refractivity contribution is 5.99. The first-order valence-corrected chi connectivity index (χ1v) is 7.17. The molecule has 1 aliphatic rings. The molecular weight excluding hydrogens is 284 g/mol. The topological polar surface area (TPSA) is 119 Å². The molecule has 0 aliphatic carbocycles. The molecular formula is C15H20N4O3. The number of hydrogen-bond donors (Lipinski definition) is 3. The fourth-order valence-electron chi connectivity index (χ4n) is 2.54. The molecule has 0 saturated carbocycles. The van der Waals surface area contributed by atoms with Gasteiger partial charge >= 0.3 is 0 Å². The molecule has 22 heavy (non-hydrogen) atoms. The third kappa shape index (κ3) is 4.29. The summed E-state index contributed by atoms with van der Waals surface area (Å²) in [5.74, 6) is -1.13. The Labute approximate surface area is 128 Å². The van der Waals surface area contributed by atoms with Gasteiger partial charge in [-0.15, -0.1) is 0 Å². The first-order chi connectivity index (χ1) is 10.5. The van der Waals surface area contributed by atoms with Crippen LogP contribution in [0.1, 0.15) is 33.6 Å². The maximum absolute atomic E-state index is 12.2. The van der Waals surface area contributed by atoms with Crippen molar-refractivity contribution in [2.24, 2.45) is 11.5 Å². The smallest absolute Gasteiger partial charge is 0.251 e. The second-order valence-electron chi connectivity index (χ2n) is 5.44. The van der Waals surface area contributed by atoms with Crippen molar-refractivity contribution in [2.75, 3.05) is 19.6 Å². The van der Waals surface area contributed by atoms with Crippen LogP contribution in [0.15, 0.2) is 24.3 Å². The van der Waals surface area contributed by atoms with Crippen LogP contribution in [0.2, 0.25) is 0 Å². The Morgan fingerprint density at radius 2 is 1.77 bits per heavy atom. The van der Waals surface area contributed by atoms with Crippen molar-refractivity contribution in [1.29, 1.82) is 0 Å². The Balaban J connectivity index is 1.89. The lowest BCUT2D eigenvalue weighted by Crippen LogP contribution is -2.46. The largest absolute Gasteiger partial charge is 0.369 e. The lowest BCUT2D eigenvalue weighted by atomic mass is 10.0. The van der Waals surface area contributed by atoms with Gasteiger partial charge in [-0.05, 0) is 31.0 Å². The maximum atomic E-state index is 12.2. The van der Waals surface area contributed by atoms with Crippen molar-refractivity contribution in [3.05, 3.63) is 35.4 Å². The summed E-state index contributed by atoms with van der Waals surface area (Å²) in [6.07, 6.45) is 1.52. The quantitative estimate of drug-likeness (QED) is 0.677. The summed E-state index contributed by atoms with van der Waals surface area (Å²) in [6, 6.07) is 6.38. The van der Waals surface area contributed by atoms with Crippen molar-refractivity contribution in [3.63, 3.8) is 0 Å². The van der Waals surface area contributed by atoms with E-state index >= 15 is 0 Å². The van der Waals surface area contributed by atoms with E-state index in [0.29, 0.717) is 11.1 Å². The standard InChI is InChI=1S/C15H20N4O3/c16-13(20)9-19-6-4-12(5-7-19)18-15(22)11-3-1-2-10(8-11)14(17)21/h1-3,8,12H,4-7,9H2,(H2,16,20)(H2,17,21)(H,18,22). The van der Waals surface area contributed by atoms with Gasteiger partial charge in [0.05, 0.1) is 6.54 Å². The predicted octanol–water partition coefficient (Wildman–Crippen LogP) is -0.535. The van der Waals surface area contributed by atoms with Crippen LogP contribution < -0.4 is 16.8 Å². The molecule has 1 saturated heterocycles. The zero-order valence-electron chi connectivity index (χ0n) is 12.2. The van der Waals surface area contributed by atoms with Crippen molar-refractivity contribution in [3.8, 4) is 0 Å². The second-order valence-corrected chi connectivity index (χ2v) is 5.44. The van der Waals surface area contributed by atoms with Crippen molar-refractivity contribution in [1.82, 2.24) is 10.2 Å². The average Bonchev–Trinajstić information content (AvgIpc) is 2.49. The lowest BCUT2D eigenvalue weighted by molar-refractivity contribution is -0.119. The van der Waals surface area contributed by atoms with E-state index in [-0.39, 0.29) is 24.4 Å². The van der Waals surface area contributed by atoms with Gasteiger partial charge in [-0.25, -0.2) is 0 Å². The number of benzene rings is 1. The van der Waals surface area contributed by atoms with Gasteiger partial charge < -0.3 is 16.8 Å². The van der Waals surface area contributed by atoms with Gasteiger partial charge in [0, 0.05) is 30.3 Å². The van der Waals surface area contributed by atoms with Gasteiger partial charge in [0.2, 0.25) is 11.8 Å². The predicted molar refractivity (Wildman–Crippen MR) is 81.1 cm³/mol. The average molecular weight is 304 g/mol. The van der Waals surface area contributed by atoms with Crippen molar-refractivity contribution in [2.45, 2.75) is 18.9 Å². The van der Waals surface area contributed by atoms with Crippen LogP contribution in [0.4, 0.5) is 0 Å². The Morgan fingerprint density at radius 1 is 1.14 bits per heavy atom. The van der Waals surface area contributed by atoms with Crippen LogP contribution in [-0.2, 0) is 4.79 Å². The molecule has 0 aromatic heterocycles. The summed E-state index contributed by atoms with van der Waals surface area (Å²) in [4.78, 5) is 36.2. The summed E-state index contributed by atoms with van der Waals surface area (Å²) in [5.41, 5.74) is 11.1. The normalized spacial score (nSPS) is 16.2. The molecule has 1 aromatic carbocycles. The highest BCUT2D eigenvalue weighted by atomic mass is 16.2. The molecule has 0 spiro atoms. The number of nitrogens with zero attached hydrogens (tertiary/aromatic N) is 1. The van der Waals surface area contributed by atoms with Gasteiger partial charge in [-0.3, -0.25) is 19.3 Å². The summed E-state index contributed by atoms with van der Waals surface area (Å²) in [7, 11) is 0. The molecule has 1 fully saturated rings. The monoisotopic (exact) mass is 304 g/mol. The molecule has 0 bridgehead atoms. The molecule has 0 radical (unpaired) electrons. The number of nitrogens with two attached hydrogens (primary N) is 2. The van der Waals surface area contributed by atoms with Crippen LogP contribution in [0.3, 0.4) is 0 Å². The number of rotatable bonds is 5. The van der Waals surface area contributed by atoms with E-state index in [0.717, 1.165) is 25.9 Å². The lowest BCUT2D eigenvalue weighted by Gasteiger charge is -2.31. The molecule has 118 valence electrons. The van der Waals surface area contributed by atoms with Crippen molar-refractivity contribution < 1.29 is 14.4 Å². The summed E-state index contributed by atoms with van der Waals surface area (Å²) in [6.45, 7) is 1.69. The number of hydrogen-bond acceptors (Lipinski definition) is 4. The fourth-order valence-corrected chi connectivity index (χ4v) is 2.54. The Morgan fingerprint density at radius 3 is 2.36 bits per heavy atom. The van der Waals surface area contributed by atoms with E-state index in [1.54, 1.807) is 18.2 Å². The zero-order valence-corrected chi connectivity index (χ0v) is 12.2. The summed E-state index contributed by atoms with van der Waals surface area (Å²) >= 11 is 0. The number of piperidine rings is 1. The van der Waals surface area contributed by atoms with Gasteiger partial charge in [0.1, 0.15) is 0 Å². The minimum atomic E-state index is -0.561. The van der Waals surface area contributed by atoms with E-state index in [4.69, 9.17) is 11.5 Å². The number of carbonyl (C=O) groups is 3. The van der Waals surface area contributed by atoms with Crippen LogP contribution in [0, 0.1) is 0 Å². The molecule has 5 N–H and O–H groups in total. The van der Waals surface area contributed by atoms with Crippen LogP contribution >= 0.6 is 0 Å². The van der Waals surface area contributed by atoms with Crippen LogP contribution in [0.25, 0.3) is 0 Å². The third-order valence-electron chi connectivity index (χ3n) is 3.71. The Hall–Kier alpha value is -2.41. The molecule has 0 atom stereocenters. The number of carbonyl (C=O) groups excluding carboxylic acids is 3. The van der Waals surface area contributed by atoms with E-state index in [9.17, 15) is 14.4 Å².